The lowest BCUT2D eigenvalue weighted by atomic mass is 10.1. The Bertz CT molecular complexity index is 1650. The molecule has 8 rings (SSSR count). The first-order chi connectivity index (χ1) is 26.4. The molecule has 4 aliphatic rings. The highest BCUT2D eigenvalue weighted by atomic mass is 16.5. The van der Waals surface area contributed by atoms with Crippen LogP contribution in [0.15, 0.2) is 109 Å². The molecule has 2 aliphatic heterocycles. The molecule has 2 aliphatic carbocycles. The number of nitrogens with one attached hydrogen (secondary N) is 2. The lowest BCUT2D eigenvalue weighted by molar-refractivity contribution is 0.0592. The predicted octanol–water partition coefficient (Wildman–Crippen LogP) is 6.88. The van der Waals surface area contributed by atoms with Gasteiger partial charge in [-0.2, -0.15) is 0 Å². The average molecular weight is 729 g/mol. The van der Waals surface area contributed by atoms with Crippen LogP contribution in [-0.2, 0) is 22.6 Å². The third-order valence-corrected chi connectivity index (χ3v) is 11.7. The molecule has 6 atom stereocenters. The summed E-state index contributed by atoms with van der Waals surface area (Å²) < 4.78 is 9.51. The zero-order valence-corrected chi connectivity index (χ0v) is 31.9. The maximum absolute atomic E-state index is 11.5. The predicted molar refractivity (Wildman–Crippen MR) is 214 cm³/mol. The number of hydrogen-bond acceptors (Lipinski definition) is 8. The van der Waals surface area contributed by atoms with E-state index >= 15 is 0 Å². The van der Waals surface area contributed by atoms with Crippen LogP contribution in [-0.4, -0.2) is 87.3 Å². The molecule has 0 aromatic heterocycles. The van der Waals surface area contributed by atoms with Gasteiger partial charge in [-0.1, -0.05) is 84.9 Å². The number of ether oxygens (including phenoxy) is 2. The molecule has 2 unspecified atom stereocenters. The van der Waals surface area contributed by atoms with E-state index in [4.69, 9.17) is 9.47 Å². The molecule has 2 saturated heterocycles. The van der Waals surface area contributed by atoms with E-state index < -0.39 is 0 Å². The van der Waals surface area contributed by atoms with Crippen molar-refractivity contribution < 1.29 is 19.1 Å². The summed E-state index contributed by atoms with van der Waals surface area (Å²) in [6.07, 6.45) is 5.06. The molecule has 2 heterocycles. The first-order valence-corrected chi connectivity index (χ1v) is 19.8. The molecule has 284 valence electrons. The van der Waals surface area contributed by atoms with E-state index in [1.807, 2.05) is 48.5 Å². The zero-order valence-electron chi connectivity index (χ0n) is 31.9. The maximum Gasteiger partial charge on any atom is 0.337 e. The number of nitrogens with zero attached hydrogens (tertiary/aromatic N) is 2. The lowest BCUT2D eigenvalue weighted by Crippen LogP contribution is -2.28. The summed E-state index contributed by atoms with van der Waals surface area (Å²) in [6, 6.07) is 38.6. The van der Waals surface area contributed by atoms with Crippen LogP contribution in [0, 0.1) is 11.8 Å². The molecule has 4 aromatic carbocycles. The number of methoxy groups -OCH3 is 2. The highest BCUT2D eigenvalue weighted by molar-refractivity contribution is 5.89. The van der Waals surface area contributed by atoms with Gasteiger partial charge >= 0.3 is 11.9 Å². The number of carbonyl (C=O) groups is 2. The molecule has 4 fully saturated rings. The van der Waals surface area contributed by atoms with E-state index in [0.29, 0.717) is 35.0 Å². The normalized spacial score (nSPS) is 24.7. The summed E-state index contributed by atoms with van der Waals surface area (Å²) in [5, 5.41) is 7.56. The minimum atomic E-state index is -0.275. The van der Waals surface area contributed by atoms with Crippen LogP contribution in [0.25, 0.3) is 0 Å². The summed E-state index contributed by atoms with van der Waals surface area (Å²) in [4.78, 5) is 28.1. The molecular weight excluding hydrogens is 673 g/mol. The monoisotopic (exact) mass is 728 g/mol. The summed E-state index contributed by atoms with van der Waals surface area (Å²) in [7, 11) is 2.83. The zero-order chi connectivity index (χ0) is 37.3. The van der Waals surface area contributed by atoms with Crippen molar-refractivity contribution >= 4 is 11.9 Å². The van der Waals surface area contributed by atoms with Crippen molar-refractivity contribution in [3.63, 3.8) is 0 Å². The van der Waals surface area contributed by atoms with Crippen molar-refractivity contribution in [2.75, 3.05) is 53.5 Å². The van der Waals surface area contributed by atoms with Gasteiger partial charge in [0, 0.05) is 50.1 Å². The highest BCUT2D eigenvalue weighted by Crippen LogP contribution is 2.41. The van der Waals surface area contributed by atoms with Crippen molar-refractivity contribution in [3.8, 4) is 0 Å². The van der Waals surface area contributed by atoms with Gasteiger partial charge in [0.25, 0.3) is 0 Å². The Labute approximate surface area is 321 Å². The van der Waals surface area contributed by atoms with E-state index in [1.165, 1.54) is 62.2 Å². The number of likely N-dealkylation sites (tertiary alicyclic amines) is 2. The number of carbonyl (C=O) groups excluding carboxylic acids is 2. The summed E-state index contributed by atoms with van der Waals surface area (Å²) in [5.41, 5.74) is 6.67. The van der Waals surface area contributed by atoms with Crippen molar-refractivity contribution in [1.29, 1.82) is 0 Å². The first kappa shape index (κ1) is 38.0. The van der Waals surface area contributed by atoms with Gasteiger partial charge in [-0.3, -0.25) is 9.80 Å². The van der Waals surface area contributed by atoms with Gasteiger partial charge < -0.3 is 20.1 Å². The second kappa shape index (κ2) is 18.3. The van der Waals surface area contributed by atoms with Gasteiger partial charge in [0.2, 0.25) is 0 Å². The van der Waals surface area contributed by atoms with Crippen molar-refractivity contribution in [1.82, 2.24) is 20.4 Å². The Hall–Kier alpha value is -4.34. The largest absolute Gasteiger partial charge is 0.465 e. The van der Waals surface area contributed by atoms with Gasteiger partial charge in [0.1, 0.15) is 0 Å². The number of esters is 2. The molecule has 0 radical (unpaired) electrons. The topological polar surface area (TPSA) is 83.1 Å². The van der Waals surface area contributed by atoms with Crippen LogP contribution in [0.1, 0.15) is 80.5 Å². The van der Waals surface area contributed by atoms with Gasteiger partial charge in [0.15, 0.2) is 0 Å². The molecule has 0 bridgehead atoms. The van der Waals surface area contributed by atoms with Gasteiger partial charge in [0.05, 0.1) is 25.3 Å². The van der Waals surface area contributed by atoms with Crippen LogP contribution in [0.2, 0.25) is 0 Å². The summed E-state index contributed by atoms with van der Waals surface area (Å²) in [6.45, 7) is 8.73. The molecule has 8 heteroatoms. The van der Waals surface area contributed by atoms with Crippen LogP contribution in [0.4, 0.5) is 0 Å². The van der Waals surface area contributed by atoms with Crippen LogP contribution in [0.5, 0.6) is 0 Å². The number of benzene rings is 4. The smallest absolute Gasteiger partial charge is 0.337 e. The summed E-state index contributed by atoms with van der Waals surface area (Å²) >= 11 is 0. The highest BCUT2D eigenvalue weighted by Gasteiger charge is 2.39. The molecule has 0 amide bonds. The van der Waals surface area contributed by atoms with Gasteiger partial charge in [-0.05, 0) is 110 Å². The Morgan fingerprint density at radius 1 is 0.574 bits per heavy atom. The minimum Gasteiger partial charge on any atom is -0.465 e. The molecule has 2 saturated carbocycles. The van der Waals surface area contributed by atoms with E-state index in [2.05, 4.69) is 81.1 Å². The average Bonchev–Trinajstić information content (AvgIpc) is 4.09. The van der Waals surface area contributed by atoms with Crippen LogP contribution >= 0.6 is 0 Å². The molecule has 2 N–H and O–H groups in total. The quantitative estimate of drug-likeness (QED) is 0.136. The van der Waals surface area contributed by atoms with Crippen molar-refractivity contribution in [2.45, 2.75) is 62.7 Å². The molecule has 54 heavy (non-hydrogen) atoms. The standard InChI is InChI=1S/2C23H28N2O2/c2*1-27-23(26)20-9-7-17(8-10-20)15-25-12-11-18(16-25)14-24-22-13-21(22)19-5-3-2-4-6-19/h2*2-10,18,21-22,24H,11-16H2,1H3/t18-,21+,22?;18-,21-,22?/m10/s1. The Kier molecular flexibility index (Phi) is 12.9. The minimum absolute atomic E-state index is 0.275. The van der Waals surface area contributed by atoms with E-state index in [9.17, 15) is 9.59 Å². The lowest BCUT2D eigenvalue weighted by Gasteiger charge is -2.16. The molecule has 0 spiro atoms. The SMILES string of the molecule is COC(=O)c1ccc(CN2CC[C@@H](CNC3C[C@H]3c3ccccc3)C2)cc1.COC(=O)c1ccc(CN2CC[C@H](CNC3C[C@H]3c3ccccc3)C2)cc1. The molecular formula is C46H56N4O4. The third-order valence-electron chi connectivity index (χ3n) is 11.7. The number of rotatable bonds is 14. The fourth-order valence-corrected chi connectivity index (χ4v) is 8.31. The van der Waals surface area contributed by atoms with E-state index in [0.717, 1.165) is 64.2 Å². The Balaban J connectivity index is 0.000000167. The fraction of sp³-hybridized carbons (Fsp3) is 0.435. The van der Waals surface area contributed by atoms with E-state index in [-0.39, 0.29) is 11.9 Å². The second-order valence-electron chi connectivity index (χ2n) is 15.7. The molecule has 8 nitrogen and oxygen atoms in total. The maximum atomic E-state index is 11.5. The third kappa shape index (κ3) is 10.4. The summed E-state index contributed by atoms with van der Waals surface area (Å²) in [5.74, 6) is 2.33. The Morgan fingerprint density at radius 2 is 0.963 bits per heavy atom. The van der Waals surface area contributed by atoms with Gasteiger partial charge in [-0.25, -0.2) is 9.59 Å². The van der Waals surface area contributed by atoms with Crippen molar-refractivity contribution in [3.05, 3.63) is 143 Å². The Morgan fingerprint density at radius 3 is 1.33 bits per heavy atom. The van der Waals surface area contributed by atoms with Crippen LogP contribution in [0.3, 0.4) is 0 Å². The molecule has 4 aromatic rings. The van der Waals surface area contributed by atoms with E-state index in [1.54, 1.807) is 0 Å². The van der Waals surface area contributed by atoms with Gasteiger partial charge in [-0.15, -0.1) is 0 Å². The fourth-order valence-electron chi connectivity index (χ4n) is 8.31. The second-order valence-corrected chi connectivity index (χ2v) is 15.7. The van der Waals surface area contributed by atoms with Crippen molar-refractivity contribution in [2.24, 2.45) is 11.8 Å². The first-order valence-electron chi connectivity index (χ1n) is 19.8. The number of hydrogen-bond donors (Lipinski definition) is 2. The van der Waals surface area contributed by atoms with Crippen LogP contribution < -0.4 is 10.6 Å².